The molecule has 1 aromatic carbocycles. The molecule has 1 aliphatic rings. The van der Waals surface area contributed by atoms with Crippen LogP contribution in [0.3, 0.4) is 0 Å². The van der Waals surface area contributed by atoms with Crippen molar-refractivity contribution >= 4 is 50.0 Å². The van der Waals surface area contributed by atoms with Crippen molar-refractivity contribution in [1.29, 1.82) is 0 Å². The summed E-state index contributed by atoms with van der Waals surface area (Å²) in [7, 11) is 0.105. The highest BCUT2D eigenvalue weighted by Gasteiger charge is 2.24. The molecule has 7 nitrogen and oxygen atoms in total. The predicted molar refractivity (Wildman–Crippen MR) is 129 cm³/mol. The highest BCUT2D eigenvalue weighted by Crippen LogP contribution is 2.44. The molecule has 0 atom stereocenters. The molecular formula is C22H23N3O4S3. The van der Waals surface area contributed by atoms with E-state index in [2.05, 4.69) is 29.7 Å². The predicted octanol–water partition coefficient (Wildman–Crippen LogP) is 1.22. The average Bonchev–Trinajstić information content (AvgIpc) is 3.21. The molecule has 3 aromatic rings. The minimum absolute atomic E-state index is 0.0342. The number of nitrogens with zero attached hydrogens (tertiary/aromatic N) is 3. The fraction of sp³-hybridized carbons (Fsp3) is 0.182. The van der Waals surface area contributed by atoms with Crippen molar-refractivity contribution in [3.05, 3.63) is 86.6 Å². The minimum Gasteiger partial charge on any atom is -0.748 e. The van der Waals surface area contributed by atoms with Gasteiger partial charge >= 0.3 is 0 Å². The van der Waals surface area contributed by atoms with Gasteiger partial charge in [0.25, 0.3) is 5.56 Å². The van der Waals surface area contributed by atoms with E-state index in [0.29, 0.717) is 12.8 Å². The third kappa shape index (κ3) is 5.57. The maximum absolute atomic E-state index is 13.2. The normalized spacial score (nSPS) is 15.2. The van der Waals surface area contributed by atoms with Crippen LogP contribution in [0.1, 0.15) is 5.69 Å². The Hall–Kier alpha value is -2.66. The third-order valence-electron chi connectivity index (χ3n) is 4.52. The van der Waals surface area contributed by atoms with Gasteiger partial charge in [0.05, 0.1) is 15.8 Å². The van der Waals surface area contributed by atoms with Crippen molar-refractivity contribution in [2.45, 2.75) is 11.4 Å². The molecule has 0 aliphatic carbocycles. The molecule has 168 valence electrons. The van der Waals surface area contributed by atoms with E-state index in [4.69, 9.17) is 13.0 Å². The fourth-order valence-electron chi connectivity index (χ4n) is 3.08. The first-order valence-electron chi connectivity index (χ1n) is 9.53. The van der Waals surface area contributed by atoms with Crippen LogP contribution in [-0.4, -0.2) is 30.8 Å². The Kier molecular flexibility index (Phi) is 7.40. The topological polar surface area (TPSA) is 86.3 Å². The molecule has 2 aromatic heterocycles. The molecule has 0 unspecified atom stereocenters. The van der Waals surface area contributed by atoms with Crippen LogP contribution in [0, 0.1) is 0 Å². The summed E-state index contributed by atoms with van der Waals surface area (Å²) >= 11 is 3.19. The van der Waals surface area contributed by atoms with Gasteiger partial charge in [0.1, 0.15) is 21.3 Å². The SMILES string of the molecule is C=CCn1c(=O)/c(=C2\Sc3ccccc3N2C)s/c1=C/c1cccc[n+]1C.CS(=O)(=O)[O-]. The number of benzene rings is 1. The third-order valence-corrected chi connectivity index (χ3v) is 7.01. The van der Waals surface area contributed by atoms with E-state index >= 15 is 0 Å². The van der Waals surface area contributed by atoms with Gasteiger partial charge in [-0.05, 0) is 18.2 Å². The van der Waals surface area contributed by atoms with Gasteiger partial charge in [-0.25, -0.2) is 13.0 Å². The molecule has 0 fully saturated rings. The Balaban J connectivity index is 0.000000523. The molecule has 4 rings (SSSR count). The number of para-hydroxylation sites is 1. The van der Waals surface area contributed by atoms with E-state index < -0.39 is 10.1 Å². The first-order chi connectivity index (χ1) is 15.1. The summed E-state index contributed by atoms with van der Waals surface area (Å²) in [5.41, 5.74) is 2.22. The molecule has 1 aliphatic heterocycles. The molecule has 3 heterocycles. The summed E-state index contributed by atoms with van der Waals surface area (Å²) < 4.78 is 32.8. The number of thiazole rings is 1. The van der Waals surface area contributed by atoms with Crippen LogP contribution in [0.4, 0.5) is 5.69 Å². The second-order valence-electron chi connectivity index (χ2n) is 6.99. The van der Waals surface area contributed by atoms with Crippen LogP contribution in [0.25, 0.3) is 11.1 Å². The Morgan fingerprint density at radius 2 is 1.84 bits per heavy atom. The van der Waals surface area contributed by atoms with Gasteiger partial charge in [-0.1, -0.05) is 30.0 Å². The van der Waals surface area contributed by atoms with Crippen LogP contribution in [0.15, 0.2) is 71.0 Å². The number of fused-ring (bicyclic) bond motifs is 1. The first-order valence-corrected chi connectivity index (χ1v) is 13.0. The summed E-state index contributed by atoms with van der Waals surface area (Å²) in [4.78, 5) is 16.5. The lowest BCUT2D eigenvalue weighted by molar-refractivity contribution is -0.673. The molecule has 32 heavy (non-hydrogen) atoms. The number of anilines is 1. The van der Waals surface area contributed by atoms with Crippen LogP contribution in [-0.2, 0) is 23.7 Å². The zero-order valence-electron chi connectivity index (χ0n) is 17.9. The maximum atomic E-state index is 13.2. The number of pyridine rings is 1. The number of rotatable bonds is 3. The molecule has 0 spiro atoms. The van der Waals surface area contributed by atoms with Crippen molar-refractivity contribution < 1.29 is 17.5 Å². The van der Waals surface area contributed by atoms with Gasteiger partial charge in [0.2, 0.25) is 5.69 Å². The van der Waals surface area contributed by atoms with Gasteiger partial charge in [-0.2, -0.15) is 0 Å². The fourth-order valence-corrected chi connectivity index (χ4v) is 5.49. The van der Waals surface area contributed by atoms with Crippen molar-refractivity contribution in [2.75, 3.05) is 18.2 Å². The molecule has 0 saturated heterocycles. The Morgan fingerprint density at radius 3 is 2.47 bits per heavy atom. The Bertz CT molecular complexity index is 1430. The molecular weight excluding hydrogens is 466 g/mol. The second kappa shape index (κ2) is 9.86. The lowest BCUT2D eigenvalue weighted by Gasteiger charge is -2.11. The summed E-state index contributed by atoms with van der Waals surface area (Å²) in [6.07, 6.45) is 6.44. The van der Waals surface area contributed by atoms with Gasteiger partial charge in [-0.3, -0.25) is 9.36 Å². The zero-order chi connectivity index (χ0) is 23.5. The van der Waals surface area contributed by atoms with Gasteiger partial charge in [-0.15, -0.1) is 17.9 Å². The van der Waals surface area contributed by atoms with Gasteiger partial charge < -0.3 is 9.45 Å². The zero-order valence-corrected chi connectivity index (χ0v) is 20.3. The van der Waals surface area contributed by atoms with Crippen LogP contribution >= 0.6 is 23.1 Å². The summed E-state index contributed by atoms with van der Waals surface area (Å²) in [6.45, 7) is 4.31. The van der Waals surface area contributed by atoms with E-state index in [1.807, 2.05) is 55.2 Å². The van der Waals surface area contributed by atoms with E-state index in [-0.39, 0.29) is 5.56 Å². The van der Waals surface area contributed by atoms with Crippen LogP contribution < -0.4 is 24.2 Å². The van der Waals surface area contributed by atoms with Gasteiger partial charge in [0.15, 0.2) is 6.20 Å². The molecule has 0 bridgehead atoms. The van der Waals surface area contributed by atoms with E-state index in [1.165, 1.54) is 16.2 Å². The molecule has 0 saturated carbocycles. The largest absolute Gasteiger partial charge is 0.748 e. The highest BCUT2D eigenvalue weighted by atomic mass is 32.2. The van der Waals surface area contributed by atoms with Crippen molar-refractivity contribution in [3.63, 3.8) is 0 Å². The lowest BCUT2D eigenvalue weighted by atomic mass is 10.3. The minimum atomic E-state index is -3.92. The molecule has 0 N–H and O–H groups in total. The molecule has 0 amide bonds. The number of thioether (sulfide) groups is 1. The molecule has 0 radical (unpaired) electrons. The summed E-state index contributed by atoms with van der Waals surface area (Å²) in [6, 6.07) is 14.3. The van der Waals surface area contributed by atoms with Crippen molar-refractivity contribution in [3.8, 4) is 0 Å². The van der Waals surface area contributed by atoms with Crippen LogP contribution in [0.2, 0.25) is 0 Å². The smallest absolute Gasteiger partial charge is 0.272 e. The summed E-state index contributed by atoms with van der Waals surface area (Å²) in [5, 5.41) is 0.987. The van der Waals surface area contributed by atoms with Crippen LogP contribution in [0.5, 0.6) is 0 Å². The number of hydrogen-bond donors (Lipinski definition) is 0. The number of aromatic nitrogens is 2. The second-order valence-corrected chi connectivity index (χ2v) is 10.5. The van der Waals surface area contributed by atoms with E-state index in [9.17, 15) is 4.79 Å². The number of aryl methyl sites for hydroxylation is 1. The molecule has 10 heteroatoms. The standard InChI is InChI=1S/C21H20N3OS2.CH4O3S/c1-4-12-24-18(14-15-9-7-8-13-22(15)2)27-19(20(24)25)21-23(3)16-10-5-6-11-17(16)26-21;1-5(2,3)4/h4-11,13-14H,1,12H2,2-3H3;1H3,(H,2,3,4)/q+1;/p-1/b21-19+;. The van der Waals surface area contributed by atoms with E-state index in [0.717, 1.165) is 25.6 Å². The Labute approximate surface area is 195 Å². The lowest BCUT2D eigenvalue weighted by Crippen LogP contribution is -2.35. The van der Waals surface area contributed by atoms with Gasteiger partial charge in [0, 0.05) is 43.0 Å². The first kappa shape index (κ1) is 24.0. The average molecular weight is 490 g/mol. The maximum Gasteiger partial charge on any atom is 0.272 e. The van der Waals surface area contributed by atoms with E-state index in [1.54, 1.807) is 22.4 Å². The quantitative estimate of drug-likeness (QED) is 0.312. The van der Waals surface area contributed by atoms with Crippen molar-refractivity contribution in [1.82, 2.24) is 4.57 Å². The highest BCUT2D eigenvalue weighted by molar-refractivity contribution is 8.08. The number of allylic oxidation sites excluding steroid dienone is 1. The Morgan fingerprint density at radius 1 is 1.19 bits per heavy atom. The summed E-state index contributed by atoms with van der Waals surface area (Å²) in [5.74, 6) is 0. The monoisotopic (exact) mass is 489 g/mol. The number of hydrogen-bond acceptors (Lipinski definition) is 7. The van der Waals surface area contributed by atoms with Crippen molar-refractivity contribution in [2.24, 2.45) is 7.05 Å².